The molecule has 25 heavy (non-hydrogen) atoms. The summed E-state index contributed by atoms with van der Waals surface area (Å²) in [6.45, 7) is 3.78. The second-order valence-electron chi connectivity index (χ2n) is 7.13. The number of likely N-dealkylation sites (tertiary alicyclic amines) is 1. The molecule has 0 saturated carbocycles. The van der Waals surface area contributed by atoms with Crippen LogP contribution < -0.4 is 5.32 Å². The molecular weight excluding hydrogens is 340 g/mol. The van der Waals surface area contributed by atoms with Crippen LogP contribution in [0.3, 0.4) is 0 Å². The van der Waals surface area contributed by atoms with Crippen molar-refractivity contribution in [2.24, 2.45) is 5.92 Å². The number of β-amino-alcohol motifs (C(OH)–C–C–N with tert-alkyl or cyclic N) is 1. The van der Waals surface area contributed by atoms with E-state index in [-0.39, 0.29) is 24.5 Å². The molecule has 2 heterocycles. The topological polar surface area (TPSA) is 78.9 Å². The maximum Gasteiger partial charge on any atom is 0.341 e. The van der Waals surface area contributed by atoms with Crippen molar-refractivity contribution >= 4 is 28.2 Å². The van der Waals surface area contributed by atoms with Gasteiger partial charge >= 0.3 is 5.97 Å². The number of nitrogens with one attached hydrogen (secondary N) is 1. The van der Waals surface area contributed by atoms with Gasteiger partial charge in [-0.3, -0.25) is 9.69 Å². The van der Waals surface area contributed by atoms with Crippen molar-refractivity contribution in [2.75, 3.05) is 32.1 Å². The van der Waals surface area contributed by atoms with Crippen molar-refractivity contribution < 1.29 is 19.4 Å². The molecule has 0 radical (unpaired) electrons. The summed E-state index contributed by atoms with van der Waals surface area (Å²) in [7, 11) is 1.37. The third-order valence-electron chi connectivity index (χ3n) is 5.00. The Kier molecular flexibility index (Phi) is 5.76. The number of aliphatic hydroxyl groups excluding tert-OH is 1. The van der Waals surface area contributed by atoms with Crippen LogP contribution in [0.15, 0.2) is 0 Å². The third-order valence-corrected chi connectivity index (χ3v) is 6.17. The van der Waals surface area contributed by atoms with Crippen LogP contribution in [0.5, 0.6) is 0 Å². The highest BCUT2D eigenvalue weighted by molar-refractivity contribution is 7.17. The number of piperidine rings is 1. The number of hydrogen-bond acceptors (Lipinski definition) is 6. The molecule has 1 aliphatic heterocycles. The summed E-state index contributed by atoms with van der Waals surface area (Å²) in [5.41, 5.74) is 1.57. The number of esters is 1. The van der Waals surface area contributed by atoms with Gasteiger partial charge in [0.05, 0.1) is 25.3 Å². The summed E-state index contributed by atoms with van der Waals surface area (Å²) >= 11 is 1.50. The Hall–Kier alpha value is -1.44. The van der Waals surface area contributed by atoms with Crippen LogP contribution in [0.2, 0.25) is 0 Å². The zero-order valence-corrected chi connectivity index (χ0v) is 15.7. The summed E-state index contributed by atoms with van der Waals surface area (Å²) in [5.74, 6) is 0.0664. The van der Waals surface area contributed by atoms with Crippen LogP contribution in [0.4, 0.5) is 5.00 Å². The van der Waals surface area contributed by atoms with E-state index in [0.717, 1.165) is 44.2 Å². The van der Waals surface area contributed by atoms with E-state index in [9.17, 15) is 14.7 Å². The number of nitrogens with zero attached hydrogens (tertiary/aromatic N) is 1. The van der Waals surface area contributed by atoms with E-state index < -0.39 is 0 Å². The fourth-order valence-electron chi connectivity index (χ4n) is 3.70. The molecule has 1 aromatic heterocycles. The van der Waals surface area contributed by atoms with E-state index in [2.05, 4.69) is 12.2 Å². The van der Waals surface area contributed by atoms with Gasteiger partial charge in [0.1, 0.15) is 5.00 Å². The zero-order chi connectivity index (χ0) is 18.0. The lowest BCUT2D eigenvalue weighted by atomic mass is 9.88. The highest BCUT2D eigenvalue weighted by Crippen LogP contribution is 2.40. The Balaban J connectivity index is 1.74. The number of fused-ring (bicyclic) bond motifs is 1. The first kappa shape index (κ1) is 18.4. The first-order valence-corrected chi connectivity index (χ1v) is 9.72. The molecule has 1 aromatic rings. The van der Waals surface area contributed by atoms with Crippen LogP contribution >= 0.6 is 11.3 Å². The van der Waals surface area contributed by atoms with Crippen molar-refractivity contribution in [1.29, 1.82) is 0 Å². The molecule has 2 atom stereocenters. The minimum absolute atomic E-state index is 0.147. The van der Waals surface area contributed by atoms with Crippen molar-refractivity contribution in [3.05, 3.63) is 16.0 Å². The summed E-state index contributed by atoms with van der Waals surface area (Å²) in [6, 6.07) is 0. The van der Waals surface area contributed by atoms with Gasteiger partial charge in [-0.05, 0) is 50.1 Å². The van der Waals surface area contributed by atoms with Crippen molar-refractivity contribution in [3.8, 4) is 0 Å². The van der Waals surface area contributed by atoms with Crippen molar-refractivity contribution in [1.82, 2.24) is 4.90 Å². The van der Waals surface area contributed by atoms with Crippen molar-refractivity contribution in [2.45, 2.75) is 45.1 Å². The average molecular weight is 366 g/mol. The van der Waals surface area contributed by atoms with Gasteiger partial charge in [-0.1, -0.05) is 6.92 Å². The predicted molar refractivity (Wildman–Crippen MR) is 97.2 cm³/mol. The lowest BCUT2D eigenvalue weighted by Crippen LogP contribution is -2.42. The summed E-state index contributed by atoms with van der Waals surface area (Å²) in [5, 5.41) is 13.3. The van der Waals surface area contributed by atoms with Gasteiger partial charge in [-0.2, -0.15) is 0 Å². The summed E-state index contributed by atoms with van der Waals surface area (Å²) in [6.07, 6.45) is 4.17. The van der Waals surface area contributed by atoms with Gasteiger partial charge in [-0.15, -0.1) is 11.3 Å². The van der Waals surface area contributed by atoms with Gasteiger partial charge in [0.2, 0.25) is 5.91 Å². The van der Waals surface area contributed by atoms with E-state index in [4.69, 9.17) is 4.74 Å². The number of ether oxygens (including phenoxy) is 1. The largest absolute Gasteiger partial charge is 0.465 e. The molecule has 1 fully saturated rings. The molecule has 6 nitrogen and oxygen atoms in total. The number of anilines is 1. The van der Waals surface area contributed by atoms with E-state index >= 15 is 0 Å². The van der Waals surface area contributed by atoms with Gasteiger partial charge in [-0.25, -0.2) is 4.79 Å². The minimum Gasteiger partial charge on any atom is -0.465 e. The minimum atomic E-state index is -0.379. The van der Waals surface area contributed by atoms with E-state index in [1.165, 1.54) is 23.3 Å². The monoisotopic (exact) mass is 366 g/mol. The van der Waals surface area contributed by atoms with Gasteiger partial charge in [0, 0.05) is 11.4 Å². The molecule has 138 valence electrons. The number of methoxy groups -OCH3 is 1. The molecule has 0 aromatic carbocycles. The molecule has 1 saturated heterocycles. The Morgan fingerprint density at radius 3 is 2.92 bits per heavy atom. The fraction of sp³-hybridized carbons (Fsp3) is 0.667. The third kappa shape index (κ3) is 4.22. The quantitative estimate of drug-likeness (QED) is 0.798. The molecule has 2 N–H and O–H groups in total. The molecule has 2 unspecified atom stereocenters. The van der Waals surface area contributed by atoms with Gasteiger partial charge in [0.25, 0.3) is 0 Å². The van der Waals surface area contributed by atoms with Gasteiger partial charge < -0.3 is 15.2 Å². The highest BCUT2D eigenvalue weighted by Gasteiger charge is 2.29. The Bertz CT molecular complexity index is 658. The highest BCUT2D eigenvalue weighted by atomic mass is 32.1. The van der Waals surface area contributed by atoms with Crippen molar-refractivity contribution in [3.63, 3.8) is 0 Å². The van der Waals surface area contributed by atoms with E-state index in [1.807, 2.05) is 4.90 Å². The number of thiophene rings is 1. The molecule has 3 rings (SSSR count). The molecule has 0 bridgehead atoms. The lowest BCUT2D eigenvalue weighted by molar-refractivity contribution is -0.117. The molecule has 1 aliphatic carbocycles. The maximum absolute atomic E-state index is 12.4. The SMILES string of the molecule is COC(=O)c1c(NC(=O)CN2CCCC(O)C2)sc2c1CCC(C)C2. The number of rotatable bonds is 4. The number of aliphatic hydroxyl groups is 1. The Labute approximate surface area is 152 Å². The normalized spacial score (nSPS) is 23.8. The number of carbonyl (C=O) groups is 2. The van der Waals surface area contributed by atoms with Crippen LogP contribution in [0.1, 0.15) is 47.0 Å². The Morgan fingerprint density at radius 1 is 1.40 bits per heavy atom. The second kappa shape index (κ2) is 7.85. The molecule has 2 aliphatic rings. The standard InChI is InChI=1S/C18H26N2O4S/c1-11-5-6-13-14(8-11)25-17(16(13)18(23)24-2)19-15(22)10-20-7-3-4-12(21)9-20/h11-12,21H,3-10H2,1-2H3,(H,19,22). The van der Waals surface area contributed by atoms with E-state index in [1.54, 1.807) is 0 Å². The molecule has 1 amide bonds. The zero-order valence-electron chi connectivity index (χ0n) is 14.8. The molecule has 0 spiro atoms. The van der Waals surface area contributed by atoms with Crippen LogP contribution in [0, 0.1) is 5.92 Å². The van der Waals surface area contributed by atoms with E-state index in [0.29, 0.717) is 23.0 Å². The number of hydrogen-bond donors (Lipinski definition) is 2. The maximum atomic E-state index is 12.4. The smallest absolute Gasteiger partial charge is 0.341 e. The lowest BCUT2D eigenvalue weighted by Gasteiger charge is -2.29. The number of amides is 1. The summed E-state index contributed by atoms with van der Waals surface area (Å²) in [4.78, 5) is 27.8. The van der Waals surface area contributed by atoms with Crippen LogP contribution in [-0.2, 0) is 22.4 Å². The predicted octanol–water partition coefficient (Wildman–Crippen LogP) is 2.05. The van der Waals surface area contributed by atoms with Gasteiger partial charge in [0.15, 0.2) is 0 Å². The summed E-state index contributed by atoms with van der Waals surface area (Å²) < 4.78 is 4.95. The second-order valence-corrected chi connectivity index (χ2v) is 8.23. The first-order chi connectivity index (χ1) is 12.0. The van der Waals surface area contributed by atoms with Crippen LogP contribution in [-0.4, -0.2) is 54.7 Å². The average Bonchev–Trinajstić information content (AvgIpc) is 2.90. The fourth-order valence-corrected chi connectivity index (χ4v) is 5.12. The molecule has 7 heteroatoms. The molecular formula is C18H26N2O4S. The Morgan fingerprint density at radius 2 is 2.20 bits per heavy atom. The van der Waals surface area contributed by atoms with Crippen LogP contribution in [0.25, 0.3) is 0 Å². The number of carbonyl (C=O) groups excluding carboxylic acids is 2. The first-order valence-electron chi connectivity index (χ1n) is 8.91.